The zero-order chi connectivity index (χ0) is 26.3. The zero-order valence-electron chi connectivity index (χ0n) is 19.7. The van der Waals surface area contributed by atoms with Crippen molar-refractivity contribution in [1.82, 2.24) is 4.90 Å². The summed E-state index contributed by atoms with van der Waals surface area (Å²) in [7, 11) is -4.52. The summed E-state index contributed by atoms with van der Waals surface area (Å²) in [6.07, 6.45) is -4.69. The molecule has 0 atom stereocenters. The summed E-state index contributed by atoms with van der Waals surface area (Å²) in [5.74, 6) is 0.384. The Bertz CT molecular complexity index is 1280. The predicted octanol–water partition coefficient (Wildman–Crippen LogP) is 5.54. The van der Waals surface area contributed by atoms with Crippen molar-refractivity contribution in [2.45, 2.75) is 31.5 Å². The highest BCUT2D eigenvalue weighted by Gasteiger charge is 2.32. The van der Waals surface area contributed by atoms with Crippen molar-refractivity contribution in [3.8, 4) is 11.5 Å². The molecule has 36 heavy (non-hydrogen) atoms. The molecule has 0 saturated heterocycles. The topological polar surface area (TPSA) is 72.9 Å². The van der Waals surface area contributed by atoms with Crippen LogP contribution in [0.15, 0.2) is 83.8 Å². The number of carbonyl (C=O) groups excluding carboxylic acids is 1. The number of para-hydroxylation sites is 1. The third-order valence-electron chi connectivity index (χ3n) is 4.97. The van der Waals surface area contributed by atoms with Gasteiger partial charge >= 0.3 is 16.3 Å². The quantitative estimate of drug-likeness (QED) is 0.328. The van der Waals surface area contributed by atoms with E-state index in [-0.39, 0.29) is 30.7 Å². The Labute approximate surface area is 208 Å². The Hall–Kier alpha value is -3.53. The second kappa shape index (κ2) is 11.5. The number of halogens is 3. The van der Waals surface area contributed by atoms with Crippen LogP contribution in [0.25, 0.3) is 0 Å². The Morgan fingerprint density at radius 3 is 2.25 bits per heavy atom. The van der Waals surface area contributed by atoms with Gasteiger partial charge in [0.1, 0.15) is 16.4 Å². The molecule has 0 spiro atoms. The van der Waals surface area contributed by atoms with E-state index in [0.717, 1.165) is 18.2 Å². The highest BCUT2D eigenvalue weighted by Crippen LogP contribution is 2.31. The lowest BCUT2D eigenvalue weighted by Gasteiger charge is -2.25. The number of amides is 1. The largest absolute Gasteiger partial charge is 0.484 e. The molecule has 0 radical (unpaired) electrons. The van der Waals surface area contributed by atoms with Gasteiger partial charge in [-0.3, -0.25) is 4.79 Å². The molecule has 3 rings (SSSR count). The van der Waals surface area contributed by atoms with Crippen molar-refractivity contribution in [2.24, 2.45) is 5.92 Å². The minimum Gasteiger partial charge on any atom is -0.484 e. The SMILES string of the molecule is CC(C)CN(Cc1cccc(OS(=O)(=O)c2cccc(C(F)(F)F)c2)c1)C(=O)COc1ccccc1. The fourth-order valence-corrected chi connectivity index (χ4v) is 4.34. The van der Waals surface area contributed by atoms with Gasteiger partial charge in [0.2, 0.25) is 0 Å². The molecule has 0 bridgehead atoms. The van der Waals surface area contributed by atoms with E-state index < -0.39 is 26.8 Å². The summed E-state index contributed by atoms with van der Waals surface area (Å²) in [5, 5.41) is 0. The first kappa shape index (κ1) is 27.1. The standard InChI is InChI=1S/C26H26F3NO5S/c1-19(2)16-30(25(31)18-34-22-10-4-3-5-11-22)17-20-8-6-12-23(14-20)35-36(32,33)24-13-7-9-21(15-24)26(27,28)29/h3-15,19H,16-18H2,1-2H3. The number of carbonyl (C=O) groups is 1. The van der Waals surface area contributed by atoms with Crippen LogP contribution in [-0.4, -0.2) is 32.4 Å². The lowest BCUT2D eigenvalue weighted by atomic mass is 10.1. The van der Waals surface area contributed by atoms with Crippen molar-refractivity contribution < 1.29 is 35.3 Å². The summed E-state index contributed by atoms with van der Waals surface area (Å²) in [6.45, 7) is 4.34. The number of hydrogen-bond acceptors (Lipinski definition) is 5. The first-order chi connectivity index (χ1) is 16.9. The summed E-state index contributed by atoms with van der Waals surface area (Å²) in [4.78, 5) is 13.8. The normalized spacial score (nSPS) is 11.8. The molecule has 3 aromatic carbocycles. The van der Waals surface area contributed by atoms with Crippen LogP contribution in [0.1, 0.15) is 25.0 Å². The number of benzene rings is 3. The van der Waals surface area contributed by atoms with Gasteiger partial charge in [-0.15, -0.1) is 0 Å². The molecule has 0 aromatic heterocycles. The number of rotatable bonds is 10. The van der Waals surface area contributed by atoms with Crippen LogP contribution in [0.3, 0.4) is 0 Å². The Morgan fingerprint density at radius 1 is 0.917 bits per heavy atom. The third-order valence-corrected chi connectivity index (χ3v) is 6.21. The third kappa shape index (κ3) is 7.74. The number of hydrogen-bond donors (Lipinski definition) is 0. The molecule has 0 saturated carbocycles. The fourth-order valence-electron chi connectivity index (χ4n) is 3.37. The van der Waals surface area contributed by atoms with E-state index in [1.807, 2.05) is 19.9 Å². The van der Waals surface area contributed by atoms with Crippen LogP contribution in [0.5, 0.6) is 11.5 Å². The second-order valence-electron chi connectivity index (χ2n) is 8.48. The van der Waals surface area contributed by atoms with Crippen molar-refractivity contribution in [2.75, 3.05) is 13.2 Å². The molecule has 10 heteroatoms. The number of nitrogens with zero attached hydrogens (tertiary/aromatic N) is 1. The summed E-state index contributed by atoms with van der Waals surface area (Å²) >= 11 is 0. The van der Waals surface area contributed by atoms with Gasteiger partial charge in [-0.05, 0) is 53.9 Å². The van der Waals surface area contributed by atoms with E-state index in [9.17, 15) is 26.4 Å². The van der Waals surface area contributed by atoms with Crippen LogP contribution < -0.4 is 8.92 Å². The molecule has 0 N–H and O–H groups in total. The highest BCUT2D eigenvalue weighted by molar-refractivity contribution is 7.87. The molecular weight excluding hydrogens is 495 g/mol. The van der Waals surface area contributed by atoms with Gasteiger partial charge in [-0.2, -0.15) is 21.6 Å². The van der Waals surface area contributed by atoms with Gasteiger partial charge in [0, 0.05) is 13.1 Å². The minimum absolute atomic E-state index is 0.0811. The zero-order valence-corrected chi connectivity index (χ0v) is 20.6. The van der Waals surface area contributed by atoms with Crippen LogP contribution in [0.2, 0.25) is 0 Å². The highest BCUT2D eigenvalue weighted by atomic mass is 32.2. The molecule has 1 amide bonds. The molecule has 0 fully saturated rings. The van der Waals surface area contributed by atoms with Gasteiger partial charge < -0.3 is 13.8 Å². The Kier molecular flexibility index (Phi) is 8.62. The second-order valence-corrected chi connectivity index (χ2v) is 10.0. The molecule has 192 valence electrons. The monoisotopic (exact) mass is 521 g/mol. The maximum absolute atomic E-state index is 13.0. The maximum atomic E-state index is 13.0. The minimum atomic E-state index is -4.69. The van der Waals surface area contributed by atoms with Crippen molar-refractivity contribution in [3.05, 3.63) is 90.0 Å². The van der Waals surface area contributed by atoms with Crippen LogP contribution >= 0.6 is 0 Å². The van der Waals surface area contributed by atoms with Gasteiger partial charge in [-0.1, -0.05) is 50.2 Å². The summed E-state index contributed by atoms with van der Waals surface area (Å²) in [6, 6.07) is 18.3. The molecule has 0 heterocycles. The van der Waals surface area contributed by atoms with E-state index in [2.05, 4.69) is 0 Å². The van der Waals surface area contributed by atoms with Crippen molar-refractivity contribution >= 4 is 16.0 Å². The van der Waals surface area contributed by atoms with E-state index in [0.29, 0.717) is 23.9 Å². The van der Waals surface area contributed by atoms with Crippen molar-refractivity contribution in [1.29, 1.82) is 0 Å². The molecule has 3 aromatic rings. The lowest BCUT2D eigenvalue weighted by molar-refractivity contribution is -0.137. The summed E-state index contributed by atoms with van der Waals surface area (Å²) in [5.41, 5.74) is -0.512. The molecule has 6 nitrogen and oxygen atoms in total. The van der Waals surface area contributed by atoms with E-state index in [1.54, 1.807) is 41.3 Å². The Balaban J connectivity index is 1.74. The van der Waals surface area contributed by atoms with Crippen LogP contribution in [0, 0.1) is 5.92 Å². The first-order valence-corrected chi connectivity index (χ1v) is 12.5. The maximum Gasteiger partial charge on any atom is 0.416 e. The van der Waals surface area contributed by atoms with Gasteiger partial charge in [0.05, 0.1) is 5.56 Å². The molecular formula is C26H26F3NO5S. The average molecular weight is 522 g/mol. The van der Waals surface area contributed by atoms with Gasteiger partial charge in [-0.25, -0.2) is 0 Å². The Morgan fingerprint density at radius 2 is 1.58 bits per heavy atom. The van der Waals surface area contributed by atoms with Gasteiger partial charge in [0.15, 0.2) is 6.61 Å². The van der Waals surface area contributed by atoms with Crippen molar-refractivity contribution in [3.63, 3.8) is 0 Å². The van der Waals surface area contributed by atoms with Crippen LogP contribution in [-0.2, 0) is 27.6 Å². The summed E-state index contributed by atoms with van der Waals surface area (Å²) < 4.78 is 74.9. The molecule has 0 aliphatic heterocycles. The first-order valence-electron chi connectivity index (χ1n) is 11.1. The van der Waals surface area contributed by atoms with E-state index in [4.69, 9.17) is 8.92 Å². The molecule has 0 aliphatic rings. The number of ether oxygens (including phenoxy) is 1. The fraction of sp³-hybridized carbons (Fsp3) is 0.269. The van der Waals surface area contributed by atoms with Crippen LogP contribution in [0.4, 0.5) is 13.2 Å². The molecule has 0 unspecified atom stereocenters. The van der Waals surface area contributed by atoms with E-state index in [1.165, 1.54) is 12.1 Å². The smallest absolute Gasteiger partial charge is 0.416 e. The van der Waals surface area contributed by atoms with Gasteiger partial charge in [0.25, 0.3) is 5.91 Å². The predicted molar refractivity (Wildman–Crippen MR) is 128 cm³/mol. The lowest BCUT2D eigenvalue weighted by Crippen LogP contribution is -2.37. The number of alkyl halides is 3. The molecule has 0 aliphatic carbocycles. The van der Waals surface area contributed by atoms with E-state index >= 15 is 0 Å². The average Bonchev–Trinajstić information content (AvgIpc) is 2.82.